The second kappa shape index (κ2) is 16.7. The average Bonchev–Trinajstić information content (AvgIpc) is 4.00. The van der Waals surface area contributed by atoms with Gasteiger partial charge in [0.1, 0.15) is 22.9 Å². The minimum absolute atomic E-state index is 0.00584. The van der Waals surface area contributed by atoms with Crippen LogP contribution in [0.1, 0.15) is 99.3 Å². The van der Waals surface area contributed by atoms with Crippen LogP contribution in [-0.4, -0.2) is 95.4 Å². The van der Waals surface area contributed by atoms with Gasteiger partial charge in [0, 0.05) is 77.8 Å². The molecule has 15 nitrogen and oxygen atoms in total. The van der Waals surface area contributed by atoms with Gasteiger partial charge in [0.25, 0.3) is 5.91 Å². The van der Waals surface area contributed by atoms with Crippen LogP contribution < -0.4 is 16.4 Å². The molecule has 2 fully saturated rings. The monoisotopic (exact) mass is 857 g/mol. The summed E-state index contributed by atoms with van der Waals surface area (Å²) in [4.78, 5) is 59.7. The number of nitrogens with one attached hydrogen (secondary N) is 2. The van der Waals surface area contributed by atoms with E-state index in [1.165, 1.54) is 11.3 Å². The van der Waals surface area contributed by atoms with Gasteiger partial charge >= 0.3 is 0 Å². The third-order valence-electron chi connectivity index (χ3n) is 11.9. The molecule has 4 aliphatic heterocycles. The molecule has 0 saturated carbocycles. The summed E-state index contributed by atoms with van der Waals surface area (Å²) in [7, 11) is 0. The van der Waals surface area contributed by atoms with Gasteiger partial charge in [-0.15, -0.1) is 21.5 Å². The number of thiophene rings is 1. The lowest BCUT2D eigenvalue weighted by molar-refractivity contribution is -0.137. The molecule has 1 unspecified atom stereocenters. The number of hydrogen-bond donors (Lipinski definition) is 3. The van der Waals surface area contributed by atoms with E-state index >= 15 is 0 Å². The van der Waals surface area contributed by atoms with Crippen molar-refractivity contribution in [3.63, 3.8) is 0 Å². The zero-order chi connectivity index (χ0) is 42.4. The van der Waals surface area contributed by atoms with Crippen LogP contribution in [0.5, 0.6) is 0 Å². The van der Waals surface area contributed by atoms with E-state index in [1.807, 2.05) is 71.8 Å². The highest BCUT2D eigenvalue weighted by Gasteiger charge is 2.40. The first-order chi connectivity index (χ1) is 29.5. The second-order valence-electron chi connectivity index (χ2n) is 15.9. The molecule has 9 rings (SSSR count). The Balaban J connectivity index is 0.818. The normalized spacial score (nSPS) is 19.0. The maximum absolute atomic E-state index is 13.3. The number of anilines is 1. The summed E-state index contributed by atoms with van der Waals surface area (Å²) >= 11 is 7.79. The summed E-state index contributed by atoms with van der Waals surface area (Å²) in [6, 6.07) is 12.2. The number of nitrogens with zero attached hydrogens (tertiary/aromatic N) is 8. The van der Waals surface area contributed by atoms with Crippen molar-refractivity contribution in [3.05, 3.63) is 110 Å². The van der Waals surface area contributed by atoms with E-state index in [9.17, 15) is 19.2 Å². The predicted octanol–water partition coefficient (Wildman–Crippen LogP) is 4.69. The van der Waals surface area contributed by atoms with Crippen LogP contribution in [0.2, 0.25) is 5.02 Å². The number of halogens is 1. The van der Waals surface area contributed by atoms with Gasteiger partial charge in [0.2, 0.25) is 17.7 Å². The van der Waals surface area contributed by atoms with Gasteiger partial charge in [0.15, 0.2) is 5.82 Å². The van der Waals surface area contributed by atoms with Crippen LogP contribution in [0.4, 0.5) is 5.69 Å². The van der Waals surface area contributed by atoms with Crippen molar-refractivity contribution in [2.75, 3.05) is 25.0 Å². The number of carbonyl (C=O) groups is 4. The average molecular weight is 858 g/mol. The molecule has 4 N–H and O–H groups in total. The highest BCUT2D eigenvalue weighted by Crippen LogP contribution is 2.40. The molecule has 2 atom stereocenters. The molecule has 2 aromatic carbocycles. The molecular weight excluding hydrogens is 814 g/mol. The van der Waals surface area contributed by atoms with E-state index in [-0.39, 0.29) is 30.7 Å². The van der Waals surface area contributed by atoms with Crippen molar-refractivity contribution >= 4 is 58.0 Å². The SMILES string of the molecule is Cc1c(C#Cc2cnn(CCCN3CCC(Nc4cccc5c4CN(C4CCC(=O)NC4=O)C5=O)CC3)c2)sc2c1C(c1ccc(Cl)cc1)=N[C@@H](CC(N)=O)c1nnc(C)n1-2. The Kier molecular flexibility index (Phi) is 11.0. The smallest absolute Gasteiger partial charge is 0.255 e. The Bertz CT molecular complexity index is 2660. The van der Waals surface area contributed by atoms with E-state index in [4.69, 9.17) is 22.3 Å². The number of imide groups is 1. The van der Waals surface area contributed by atoms with E-state index in [0.717, 1.165) is 94.5 Å². The highest BCUT2D eigenvalue weighted by molar-refractivity contribution is 7.15. The summed E-state index contributed by atoms with van der Waals surface area (Å²) < 4.78 is 3.91. The predicted molar refractivity (Wildman–Crippen MR) is 231 cm³/mol. The molecule has 0 spiro atoms. The van der Waals surface area contributed by atoms with E-state index in [1.54, 1.807) is 11.1 Å². The molecule has 2 saturated heterocycles. The quantitative estimate of drug-likeness (QED) is 0.132. The van der Waals surface area contributed by atoms with Crippen LogP contribution in [0, 0.1) is 25.7 Å². The number of fused-ring (bicyclic) bond motifs is 4. The van der Waals surface area contributed by atoms with Crippen LogP contribution in [0.3, 0.4) is 0 Å². The first-order valence-electron chi connectivity index (χ1n) is 20.5. The lowest BCUT2D eigenvalue weighted by Crippen LogP contribution is -2.52. The van der Waals surface area contributed by atoms with Crippen LogP contribution in [0.25, 0.3) is 5.00 Å². The molecule has 7 heterocycles. The number of likely N-dealkylation sites (tertiary alicyclic amines) is 1. The maximum atomic E-state index is 13.3. The molecule has 312 valence electrons. The topological polar surface area (TPSA) is 186 Å². The number of amides is 4. The Labute approximate surface area is 361 Å². The molecule has 5 aromatic rings. The Morgan fingerprint density at radius 1 is 1.03 bits per heavy atom. The van der Waals surface area contributed by atoms with Gasteiger partial charge < -0.3 is 20.9 Å². The Morgan fingerprint density at radius 2 is 1.84 bits per heavy atom. The number of hydrogen-bond acceptors (Lipinski definition) is 11. The van der Waals surface area contributed by atoms with E-state index in [0.29, 0.717) is 35.2 Å². The lowest BCUT2D eigenvalue weighted by Gasteiger charge is -2.33. The molecule has 0 aliphatic carbocycles. The lowest BCUT2D eigenvalue weighted by atomic mass is 9.99. The van der Waals surface area contributed by atoms with E-state index < -0.39 is 23.9 Å². The van der Waals surface area contributed by atoms with Gasteiger partial charge in [-0.3, -0.25) is 38.7 Å². The number of aliphatic imine (C=N–C) groups is 1. The largest absolute Gasteiger partial charge is 0.382 e. The minimum Gasteiger partial charge on any atom is -0.382 e. The third kappa shape index (κ3) is 8.08. The third-order valence-corrected chi connectivity index (χ3v) is 13.3. The molecule has 0 radical (unpaired) electrons. The standard InChI is InChI=1S/C44H44ClN11O4S/c1-25-36(61-44-39(25)40(28-8-10-29(45)11-9-28)49-34(21-37(46)57)41-52-51-26(2)56(41)44)13-7-27-22-47-54(23-27)18-4-17-53-19-15-30(16-20-53)48-33-6-3-5-31-32(33)24-55(43(31)60)35-12-14-38(58)50-42(35)59/h3,5-6,8-11,22-23,30,34-35,48H,4,12,14-21,24H2,1-2H3,(H2,46,57)(H,50,58,59)/t34-,35?/m0/s1. The number of rotatable bonds is 10. The molecule has 4 aliphatic rings. The summed E-state index contributed by atoms with van der Waals surface area (Å²) in [5, 5.41) is 21.0. The number of benzene rings is 2. The van der Waals surface area contributed by atoms with Gasteiger partial charge in [-0.05, 0) is 75.9 Å². The second-order valence-corrected chi connectivity index (χ2v) is 17.4. The number of aromatic nitrogens is 5. The van der Waals surface area contributed by atoms with Crippen LogP contribution >= 0.6 is 22.9 Å². The number of primary amides is 1. The molecular formula is C44H44ClN11O4S. The van der Waals surface area contributed by atoms with Crippen molar-refractivity contribution in [2.45, 2.75) is 83.6 Å². The number of carbonyl (C=O) groups excluding carboxylic acids is 4. The minimum atomic E-state index is -0.630. The van der Waals surface area contributed by atoms with Crippen LogP contribution in [0.15, 0.2) is 59.9 Å². The summed E-state index contributed by atoms with van der Waals surface area (Å²) in [5.74, 6) is 6.64. The van der Waals surface area contributed by atoms with Crippen molar-refractivity contribution in [2.24, 2.45) is 10.7 Å². The Morgan fingerprint density at radius 3 is 2.61 bits per heavy atom. The summed E-state index contributed by atoms with van der Waals surface area (Å²) in [6.07, 6.45) is 7.25. The van der Waals surface area contributed by atoms with Gasteiger partial charge in [-0.25, -0.2) is 0 Å². The maximum Gasteiger partial charge on any atom is 0.255 e. The molecule has 3 aromatic heterocycles. The number of nitrogens with two attached hydrogens (primary N) is 1. The van der Waals surface area contributed by atoms with Gasteiger partial charge in [-0.2, -0.15) is 5.10 Å². The number of aryl methyl sites for hydroxylation is 2. The molecule has 4 amide bonds. The van der Waals surface area contributed by atoms with Crippen molar-refractivity contribution in [1.29, 1.82) is 0 Å². The van der Waals surface area contributed by atoms with Gasteiger partial charge in [0.05, 0.1) is 28.8 Å². The highest BCUT2D eigenvalue weighted by atomic mass is 35.5. The van der Waals surface area contributed by atoms with Gasteiger partial charge in [-0.1, -0.05) is 41.6 Å². The summed E-state index contributed by atoms with van der Waals surface area (Å²) in [5.41, 5.74) is 12.4. The first-order valence-corrected chi connectivity index (χ1v) is 21.7. The molecule has 0 bridgehead atoms. The van der Waals surface area contributed by atoms with Crippen molar-refractivity contribution in [1.82, 2.24) is 39.7 Å². The zero-order valence-electron chi connectivity index (χ0n) is 33.8. The first kappa shape index (κ1) is 40.3. The number of piperidine rings is 2. The van der Waals surface area contributed by atoms with Crippen LogP contribution in [-0.2, 0) is 27.5 Å². The summed E-state index contributed by atoms with van der Waals surface area (Å²) in [6.45, 7) is 7.91. The Hall–Kier alpha value is -6.15. The zero-order valence-corrected chi connectivity index (χ0v) is 35.4. The fraction of sp³-hybridized carbons (Fsp3) is 0.364. The van der Waals surface area contributed by atoms with Crippen molar-refractivity contribution in [3.8, 4) is 16.8 Å². The molecule has 61 heavy (non-hydrogen) atoms. The fourth-order valence-corrected chi connectivity index (χ4v) is 10.1. The van der Waals surface area contributed by atoms with E-state index in [2.05, 4.69) is 42.7 Å². The molecule has 17 heteroatoms. The fourth-order valence-electron chi connectivity index (χ4n) is 8.71. The van der Waals surface area contributed by atoms with Crippen molar-refractivity contribution < 1.29 is 19.2 Å².